The molecule has 1 aliphatic rings. The molecule has 1 aliphatic carbocycles. The highest BCUT2D eigenvalue weighted by molar-refractivity contribution is 7.99. The van der Waals surface area contributed by atoms with E-state index in [9.17, 15) is 4.79 Å². The summed E-state index contributed by atoms with van der Waals surface area (Å²) in [7, 11) is 0. The molecule has 5 aromatic rings. The van der Waals surface area contributed by atoms with E-state index in [1.807, 2.05) is 42.5 Å². The van der Waals surface area contributed by atoms with Crippen LogP contribution in [0, 0.1) is 0 Å². The number of hydrogen-bond donors (Lipinski definition) is 4. The molecule has 0 unspecified atom stereocenters. The minimum absolute atomic E-state index is 0.110. The summed E-state index contributed by atoms with van der Waals surface area (Å²) >= 11 is 1.56. The molecule has 0 saturated heterocycles. The van der Waals surface area contributed by atoms with Crippen LogP contribution >= 0.6 is 11.8 Å². The van der Waals surface area contributed by atoms with Gasteiger partial charge in [-0.05, 0) is 43.2 Å². The Balaban J connectivity index is 1.37. The number of para-hydroxylation sites is 1. The normalized spacial score (nSPS) is 13.9. The Morgan fingerprint density at radius 3 is 2.80 bits per heavy atom. The van der Waals surface area contributed by atoms with E-state index >= 15 is 0 Å². The molecule has 30 heavy (non-hydrogen) atoms. The van der Waals surface area contributed by atoms with Crippen LogP contribution in [0.25, 0.3) is 21.8 Å². The molecule has 0 bridgehead atoms. The van der Waals surface area contributed by atoms with E-state index in [2.05, 4.69) is 37.8 Å². The smallest absolute Gasteiger partial charge is 0.271 e. The third kappa shape index (κ3) is 3.15. The van der Waals surface area contributed by atoms with Crippen LogP contribution in [-0.2, 0) is 0 Å². The average molecular weight is 414 g/mol. The molecule has 4 N–H and O–H groups in total. The number of aromatic amines is 3. The van der Waals surface area contributed by atoms with Crippen LogP contribution in [0.1, 0.15) is 24.5 Å². The molecule has 0 amide bonds. The first-order chi connectivity index (χ1) is 14.7. The lowest BCUT2D eigenvalue weighted by Crippen LogP contribution is -1.96. The number of pyridine rings is 1. The minimum Gasteiger partial charge on any atom is -0.338 e. The van der Waals surface area contributed by atoms with Gasteiger partial charge in [-0.25, -0.2) is 4.98 Å². The topological polar surface area (TPSA) is 102 Å². The lowest BCUT2D eigenvalue weighted by atomic mass is 10.2. The maximum absolute atomic E-state index is 11.7. The molecule has 6 rings (SSSR count). The van der Waals surface area contributed by atoms with Gasteiger partial charge in [-0.3, -0.25) is 20.1 Å². The van der Waals surface area contributed by atoms with Gasteiger partial charge >= 0.3 is 0 Å². The van der Waals surface area contributed by atoms with Gasteiger partial charge in [-0.1, -0.05) is 30.0 Å². The predicted octanol–water partition coefficient (Wildman–Crippen LogP) is 4.90. The Bertz CT molecular complexity index is 1450. The number of H-pyrrole nitrogens is 3. The summed E-state index contributed by atoms with van der Waals surface area (Å²) in [4.78, 5) is 17.6. The van der Waals surface area contributed by atoms with Crippen LogP contribution in [0.4, 0.5) is 11.5 Å². The molecule has 1 fully saturated rings. The quantitative estimate of drug-likeness (QED) is 0.328. The Hall–Kier alpha value is -3.52. The number of hydrogen-bond acceptors (Lipinski definition) is 5. The van der Waals surface area contributed by atoms with Crippen molar-refractivity contribution in [1.82, 2.24) is 25.4 Å². The van der Waals surface area contributed by atoms with Crippen molar-refractivity contribution in [2.75, 3.05) is 5.32 Å². The van der Waals surface area contributed by atoms with E-state index in [1.165, 1.54) is 18.5 Å². The van der Waals surface area contributed by atoms with Gasteiger partial charge in [0.15, 0.2) is 5.82 Å². The van der Waals surface area contributed by atoms with Crippen molar-refractivity contribution in [2.45, 2.75) is 28.7 Å². The van der Waals surface area contributed by atoms with Gasteiger partial charge in [0.2, 0.25) is 0 Å². The highest BCUT2D eigenvalue weighted by Crippen LogP contribution is 2.40. The molecule has 7 nitrogen and oxygen atoms in total. The number of anilines is 2. The highest BCUT2D eigenvalue weighted by Gasteiger charge is 2.25. The second-order valence-corrected chi connectivity index (χ2v) is 8.62. The lowest BCUT2D eigenvalue weighted by molar-refractivity contribution is 0.967. The fraction of sp³-hybridized carbons (Fsp3) is 0.136. The first-order valence-corrected chi connectivity index (χ1v) is 10.6. The third-order valence-electron chi connectivity index (χ3n) is 5.34. The van der Waals surface area contributed by atoms with Crippen LogP contribution in [0.15, 0.2) is 69.3 Å². The van der Waals surface area contributed by atoms with Crippen molar-refractivity contribution < 1.29 is 0 Å². The summed E-state index contributed by atoms with van der Waals surface area (Å²) in [5.74, 6) is 1.44. The molecule has 8 heteroatoms. The van der Waals surface area contributed by atoms with Gasteiger partial charge in [-0.2, -0.15) is 5.10 Å². The van der Waals surface area contributed by atoms with Crippen molar-refractivity contribution in [3.63, 3.8) is 0 Å². The van der Waals surface area contributed by atoms with Crippen molar-refractivity contribution in [3.8, 4) is 0 Å². The van der Waals surface area contributed by atoms with Crippen molar-refractivity contribution in [2.24, 2.45) is 0 Å². The Morgan fingerprint density at radius 1 is 1.00 bits per heavy atom. The van der Waals surface area contributed by atoms with Crippen LogP contribution in [0.2, 0.25) is 0 Å². The Morgan fingerprint density at radius 2 is 1.90 bits per heavy atom. The van der Waals surface area contributed by atoms with Gasteiger partial charge in [0, 0.05) is 28.0 Å². The first kappa shape index (κ1) is 17.3. The van der Waals surface area contributed by atoms with Crippen LogP contribution < -0.4 is 10.9 Å². The summed E-state index contributed by atoms with van der Waals surface area (Å²) < 4.78 is 0. The Kier molecular flexibility index (Phi) is 3.92. The number of fused-ring (bicyclic) bond motifs is 2. The van der Waals surface area contributed by atoms with E-state index in [0.717, 1.165) is 37.8 Å². The zero-order valence-electron chi connectivity index (χ0n) is 15.9. The number of nitrogens with zero attached hydrogens (tertiary/aromatic N) is 2. The maximum Gasteiger partial charge on any atom is 0.271 e. The molecule has 1 saturated carbocycles. The zero-order chi connectivity index (χ0) is 20.1. The minimum atomic E-state index is -0.110. The molecular weight excluding hydrogens is 396 g/mol. The average Bonchev–Trinajstić information content (AvgIpc) is 3.40. The SMILES string of the molecule is O=c1[nH][nH]c2cc(Sc3cc(Nc4cc(C5CC5)[nH]n4)c4ccccc4n3)ccc12. The first-order valence-electron chi connectivity index (χ1n) is 9.83. The second kappa shape index (κ2) is 6.77. The van der Waals surface area contributed by atoms with Crippen LogP contribution in [0.5, 0.6) is 0 Å². The zero-order valence-corrected chi connectivity index (χ0v) is 16.7. The third-order valence-corrected chi connectivity index (χ3v) is 6.25. The van der Waals surface area contributed by atoms with Crippen LogP contribution in [0.3, 0.4) is 0 Å². The Labute approximate surface area is 175 Å². The monoisotopic (exact) mass is 414 g/mol. The summed E-state index contributed by atoms with van der Waals surface area (Å²) in [6.45, 7) is 0. The molecule has 148 valence electrons. The number of nitrogens with one attached hydrogen (secondary N) is 4. The van der Waals surface area contributed by atoms with E-state index in [-0.39, 0.29) is 5.56 Å². The van der Waals surface area contributed by atoms with Gasteiger partial charge in [0.05, 0.1) is 22.1 Å². The molecule has 3 heterocycles. The van der Waals surface area contributed by atoms with E-state index in [0.29, 0.717) is 11.3 Å². The molecule has 0 aliphatic heterocycles. The van der Waals surface area contributed by atoms with Crippen LogP contribution in [-0.4, -0.2) is 25.4 Å². The number of benzene rings is 2. The standard InChI is InChI=1S/C22H18N6OS/c29-22-15-8-7-13(9-19(15)26-28-22)30-21-11-18(14-3-1-2-4-16(14)24-21)23-20-10-17(25-27-20)12-5-6-12/h1-4,7-12H,5-6H2,(H2,26,28,29)(H2,23,24,25,27). The number of aromatic nitrogens is 5. The summed E-state index contributed by atoms with van der Waals surface area (Å²) in [6.07, 6.45) is 2.47. The molecule has 3 aromatic heterocycles. The van der Waals surface area contributed by atoms with Crippen molar-refractivity contribution >= 4 is 45.1 Å². The van der Waals surface area contributed by atoms with Gasteiger partial charge < -0.3 is 5.32 Å². The van der Waals surface area contributed by atoms with Gasteiger partial charge in [0.1, 0.15) is 5.03 Å². The summed E-state index contributed by atoms with van der Waals surface area (Å²) in [5.41, 5.74) is 3.75. The van der Waals surface area contributed by atoms with Crippen molar-refractivity contribution in [1.29, 1.82) is 0 Å². The van der Waals surface area contributed by atoms with E-state index in [4.69, 9.17) is 4.98 Å². The molecule has 0 radical (unpaired) electrons. The molecule has 2 aromatic carbocycles. The highest BCUT2D eigenvalue weighted by atomic mass is 32.2. The van der Waals surface area contributed by atoms with E-state index < -0.39 is 0 Å². The fourth-order valence-corrected chi connectivity index (χ4v) is 4.52. The predicted molar refractivity (Wildman–Crippen MR) is 119 cm³/mol. The summed E-state index contributed by atoms with van der Waals surface area (Å²) in [6, 6.07) is 17.9. The molecular formula is C22H18N6OS. The lowest BCUT2D eigenvalue weighted by Gasteiger charge is -2.10. The number of rotatable bonds is 5. The van der Waals surface area contributed by atoms with Gasteiger partial charge in [0.25, 0.3) is 5.56 Å². The maximum atomic E-state index is 11.7. The van der Waals surface area contributed by atoms with E-state index in [1.54, 1.807) is 11.8 Å². The second-order valence-electron chi connectivity index (χ2n) is 7.52. The largest absolute Gasteiger partial charge is 0.338 e. The molecule has 0 atom stereocenters. The fourth-order valence-electron chi connectivity index (χ4n) is 3.65. The van der Waals surface area contributed by atoms with Gasteiger partial charge in [-0.15, -0.1) is 0 Å². The van der Waals surface area contributed by atoms with Crippen molar-refractivity contribution in [3.05, 3.63) is 70.6 Å². The molecule has 0 spiro atoms. The summed E-state index contributed by atoms with van der Waals surface area (Å²) in [5, 5.41) is 19.1.